The Kier molecular flexibility index (Phi) is 9.88. The van der Waals surface area contributed by atoms with Gasteiger partial charge in [0.05, 0.1) is 25.7 Å². The highest BCUT2D eigenvalue weighted by Gasteiger charge is 2.32. The van der Waals surface area contributed by atoms with Gasteiger partial charge in [0.25, 0.3) is 0 Å². The normalized spacial score (nSPS) is 24.1. The van der Waals surface area contributed by atoms with Crippen molar-refractivity contribution in [2.24, 2.45) is 4.99 Å². The van der Waals surface area contributed by atoms with E-state index in [9.17, 15) is 4.79 Å². The lowest BCUT2D eigenvalue weighted by Gasteiger charge is -2.37. The first kappa shape index (κ1) is 25.5. The molecule has 3 heterocycles. The summed E-state index contributed by atoms with van der Waals surface area (Å²) < 4.78 is 6.06. The van der Waals surface area contributed by atoms with Crippen molar-refractivity contribution in [3.05, 3.63) is 34.9 Å². The smallest absolute Gasteiger partial charge is 0.227 e. The summed E-state index contributed by atoms with van der Waals surface area (Å²) in [5.41, 5.74) is 0.961. The number of benzene rings is 1. The van der Waals surface area contributed by atoms with Gasteiger partial charge in [-0.2, -0.15) is 0 Å². The van der Waals surface area contributed by atoms with Gasteiger partial charge in [0.15, 0.2) is 5.96 Å². The number of rotatable bonds is 5. The van der Waals surface area contributed by atoms with Gasteiger partial charge in [0, 0.05) is 50.3 Å². The molecule has 2 atom stereocenters. The number of piperazine rings is 1. The van der Waals surface area contributed by atoms with Crippen LogP contribution in [0.25, 0.3) is 0 Å². The van der Waals surface area contributed by atoms with Gasteiger partial charge in [-0.15, -0.1) is 24.0 Å². The minimum absolute atomic E-state index is 0. The average molecular weight is 576 g/mol. The molecule has 1 N–H and O–H groups in total. The standard InChI is InChI=1S/C23H34ClN5O2.HI/c1-2-25-23(26-15-21-16-29-8-4-7-20(29)17-31-21)28-11-9-27(10-12-28)22(30)14-18-5-3-6-19(24)13-18;/h3,5-6,13,20-21H,2,4,7-12,14-17H2,1H3,(H,25,26);1H. The SMILES string of the molecule is CCNC(=NCC1CN2CCCC2CO1)N1CCN(C(=O)Cc2cccc(Cl)c2)CC1.I. The van der Waals surface area contributed by atoms with Crippen LogP contribution < -0.4 is 5.32 Å². The molecule has 9 heteroatoms. The summed E-state index contributed by atoms with van der Waals surface area (Å²) in [5, 5.41) is 4.09. The van der Waals surface area contributed by atoms with Crippen molar-refractivity contribution < 1.29 is 9.53 Å². The van der Waals surface area contributed by atoms with E-state index in [1.54, 1.807) is 0 Å². The third-order valence-corrected chi connectivity index (χ3v) is 6.65. The van der Waals surface area contributed by atoms with Crippen LogP contribution in [0.5, 0.6) is 0 Å². The first-order valence-corrected chi connectivity index (χ1v) is 11.9. The quantitative estimate of drug-likeness (QED) is 0.332. The lowest BCUT2D eigenvalue weighted by atomic mass is 10.1. The minimum Gasteiger partial charge on any atom is -0.373 e. The van der Waals surface area contributed by atoms with E-state index in [-0.39, 0.29) is 36.0 Å². The zero-order valence-corrected chi connectivity index (χ0v) is 21.9. The van der Waals surface area contributed by atoms with Crippen LogP contribution >= 0.6 is 35.6 Å². The van der Waals surface area contributed by atoms with Crippen LogP contribution in [0.3, 0.4) is 0 Å². The van der Waals surface area contributed by atoms with Gasteiger partial charge in [-0.25, -0.2) is 0 Å². The Balaban J connectivity index is 0.00000289. The number of amides is 1. The first-order chi connectivity index (χ1) is 15.1. The molecule has 1 aromatic carbocycles. The Morgan fingerprint density at radius 3 is 2.75 bits per heavy atom. The Bertz CT molecular complexity index is 787. The van der Waals surface area contributed by atoms with Crippen LogP contribution in [0, 0.1) is 0 Å². The van der Waals surface area contributed by atoms with E-state index in [1.165, 1.54) is 19.4 Å². The number of aliphatic imine (C=N–C) groups is 1. The van der Waals surface area contributed by atoms with Gasteiger partial charge in [-0.05, 0) is 44.0 Å². The monoisotopic (exact) mass is 575 g/mol. The van der Waals surface area contributed by atoms with Gasteiger partial charge in [0.2, 0.25) is 5.91 Å². The summed E-state index contributed by atoms with van der Waals surface area (Å²) in [6.07, 6.45) is 3.11. The molecule has 2 unspecified atom stereocenters. The van der Waals surface area contributed by atoms with Gasteiger partial charge in [0.1, 0.15) is 0 Å². The maximum atomic E-state index is 12.7. The summed E-state index contributed by atoms with van der Waals surface area (Å²) in [6.45, 7) is 9.60. The van der Waals surface area contributed by atoms with E-state index in [4.69, 9.17) is 21.3 Å². The zero-order chi connectivity index (χ0) is 21.6. The number of morpholine rings is 1. The number of carbonyl (C=O) groups is 1. The fourth-order valence-electron chi connectivity index (χ4n) is 4.71. The number of guanidine groups is 1. The summed E-state index contributed by atoms with van der Waals surface area (Å²) in [4.78, 5) is 24.3. The van der Waals surface area contributed by atoms with Crippen molar-refractivity contribution in [3.8, 4) is 0 Å². The van der Waals surface area contributed by atoms with Crippen LogP contribution in [0.2, 0.25) is 5.02 Å². The van der Waals surface area contributed by atoms with Crippen molar-refractivity contribution >= 4 is 47.4 Å². The highest BCUT2D eigenvalue weighted by molar-refractivity contribution is 14.0. The number of carbonyl (C=O) groups excluding carboxylic acids is 1. The lowest BCUT2D eigenvalue weighted by molar-refractivity contribution is -0.131. The third kappa shape index (κ3) is 6.71. The third-order valence-electron chi connectivity index (χ3n) is 6.42. The Hall–Kier alpha value is -1.10. The number of nitrogens with zero attached hydrogens (tertiary/aromatic N) is 4. The fourth-order valence-corrected chi connectivity index (χ4v) is 4.92. The number of hydrogen-bond donors (Lipinski definition) is 1. The zero-order valence-electron chi connectivity index (χ0n) is 18.8. The van der Waals surface area contributed by atoms with E-state index in [1.807, 2.05) is 29.2 Å². The molecule has 0 radical (unpaired) electrons. The van der Waals surface area contributed by atoms with Gasteiger partial charge >= 0.3 is 0 Å². The van der Waals surface area contributed by atoms with Crippen LogP contribution in [0.4, 0.5) is 0 Å². The Morgan fingerprint density at radius 2 is 2.00 bits per heavy atom. The molecule has 3 fully saturated rings. The number of fused-ring (bicyclic) bond motifs is 1. The molecular weight excluding hydrogens is 541 g/mol. The predicted octanol–water partition coefficient (Wildman–Crippen LogP) is 2.47. The summed E-state index contributed by atoms with van der Waals surface area (Å²) in [6, 6.07) is 8.15. The van der Waals surface area contributed by atoms with E-state index < -0.39 is 0 Å². The maximum Gasteiger partial charge on any atom is 0.227 e. The molecule has 3 aliphatic rings. The van der Waals surface area contributed by atoms with Crippen LogP contribution in [0.1, 0.15) is 25.3 Å². The summed E-state index contributed by atoms with van der Waals surface area (Å²) in [5.74, 6) is 1.08. The molecule has 178 valence electrons. The van der Waals surface area contributed by atoms with E-state index in [2.05, 4.69) is 22.0 Å². The molecule has 1 aromatic rings. The molecule has 0 aliphatic carbocycles. The van der Waals surface area contributed by atoms with Crippen molar-refractivity contribution in [2.75, 3.05) is 59.0 Å². The molecule has 0 bridgehead atoms. The predicted molar refractivity (Wildman–Crippen MR) is 139 cm³/mol. The highest BCUT2D eigenvalue weighted by Crippen LogP contribution is 2.22. The molecule has 7 nitrogen and oxygen atoms in total. The van der Waals surface area contributed by atoms with Crippen LogP contribution in [-0.4, -0.2) is 97.7 Å². The number of halogens is 2. The molecule has 0 aromatic heterocycles. The van der Waals surface area contributed by atoms with Gasteiger partial charge in [-0.1, -0.05) is 23.7 Å². The molecule has 3 saturated heterocycles. The molecule has 4 rings (SSSR count). The molecule has 0 spiro atoms. The van der Waals surface area contributed by atoms with Gasteiger partial charge < -0.3 is 19.9 Å². The lowest BCUT2D eigenvalue weighted by Crippen LogP contribution is -2.54. The van der Waals surface area contributed by atoms with Crippen molar-refractivity contribution in [3.63, 3.8) is 0 Å². The Labute approximate surface area is 213 Å². The van der Waals surface area contributed by atoms with Crippen LogP contribution in [-0.2, 0) is 16.0 Å². The second kappa shape index (κ2) is 12.4. The minimum atomic E-state index is 0. The summed E-state index contributed by atoms with van der Waals surface area (Å²) in [7, 11) is 0. The molecule has 1 amide bonds. The van der Waals surface area contributed by atoms with Crippen molar-refractivity contribution in [1.82, 2.24) is 20.0 Å². The van der Waals surface area contributed by atoms with Crippen molar-refractivity contribution in [2.45, 2.75) is 38.3 Å². The van der Waals surface area contributed by atoms with Crippen LogP contribution in [0.15, 0.2) is 29.3 Å². The largest absolute Gasteiger partial charge is 0.373 e. The van der Waals surface area contributed by atoms with Gasteiger partial charge in [-0.3, -0.25) is 14.7 Å². The number of nitrogens with one attached hydrogen (secondary N) is 1. The van der Waals surface area contributed by atoms with E-state index in [0.29, 0.717) is 37.1 Å². The average Bonchev–Trinajstić information content (AvgIpc) is 3.25. The maximum absolute atomic E-state index is 12.7. The topological polar surface area (TPSA) is 60.4 Å². The molecule has 3 aliphatic heterocycles. The molecular formula is C23H35ClIN5O2. The Morgan fingerprint density at radius 1 is 1.22 bits per heavy atom. The van der Waals surface area contributed by atoms with E-state index in [0.717, 1.165) is 44.3 Å². The second-order valence-electron chi connectivity index (χ2n) is 8.62. The highest BCUT2D eigenvalue weighted by atomic mass is 127. The molecule has 0 saturated carbocycles. The second-order valence-corrected chi connectivity index (χ2v) is 9.05. The van der Waals surface area contributed by atoms with Crippen molar-refractivity contribution in [1.29, 1.82) is 0 Å². The fraction of sp³-hybridized carbons (Fsp3) is 0.652. The van der Waals surface area contributed by atoms with E-state index >= 15 is 0 Å². The molecule has 32 heavy (non-hydrogen) atoms. The number of hydrogen-bond acceptors (Lipinski definition) is 4. The number of ether oxygens (including phenoxy) is 1. The summed E-state index contributed by atoms with van der Waals surface area (Å²) >= 11 is 6.05. The first-order valence-electron chi connectivity index (χ1n) is 11.5.